The number of hydrogen-bond donors (Lipinski definition) is 0. The Morgan fingerprint density at radius 3 is 2.76 bits per heavy atom. The van der Waals surface area contributed by atoms with Crippen molar-refractivity contribution in [2.24, 2.45) is 0 Å². The van der Waals surface area contributed by atoms with Gasteiger partial charge in [0.05, 0.1) is 30.1 Å². The fourth-order valence-electron chi connectivity index (χ4n) is 2.75. The van der Waals surface area contributed by atoms with Gasteiger partial charge < -0.3 is 4.57 Å². The third-order valence-corrected chi connectivity index (χ3v) is 5.23. The Kier molecular flexibility index (Phi) is 4.55. The molecule has 0 unspecified atom stereocenters. The highest BCUT2D eigenvalue weighted by Crippen LogP contribution is 2.26. The molecule has 25 heavy (non-hydrogen) atoms. The molecule has 126 valence electrons. The highest BCUT2D eigenvalue weighted by molar-refractivity contribution is 14.1. The molecule has 1 aromatic carbocycles. The minimum Gasteiger partial charge on any atom is -0.321 e. The van der Waals surface area contributed by atoms with E-state index < -0.39 is 6.80 Å². The lowest BCUT2D eigenvalue weighted by Gasteiger charge is -2.08. The number of rotatable bonds is 4. The zero-order valence-corrected chi connectivity index (χ0v) is 16.6. The SMILES string of the molecule is FCn1c(-c2cncc(Cn3cncc3Br)c2)nc2ccc(I)cc21. The molecule has 8 heteroatoms. The molecule has 0 spiro atoms. The molecule has 0 saturated heterocycles. The van der Waals surface area contributed by atoms with Crippen LogP contribution in [-0.2, 0) is 13.3 Å². The number of halogens is 3. The van der Waals surface area contributed by atoms with E-state index in [-0.39, 0.29) is 0 Å². The Morgan fingerprint density at radius 2 is 2.00 bits per heavy atom. The van der Waals surface area contributed by atoms with Crippen molar-refractivity contribution in [2.45, 2.75) is 13.3 Å². The minimum atomic E-state index is -0.636. The molecular formula is C17H12BrFIN5. The standard InChI is InChI=1S/C17H12BrFIN5/c18-16-7-22-10-24(16)8-11-3-12(6-21-5-11)17-23-14-2-1-13(20)4-15(14)25(17)9-19/h1-7,10H,8-9H2. The second-order valence-electron chi connectivity index (χ2n) is 5.54. The summed E-state index contributed by atoms with van der Waals surface area (Å²) in [6.07, 6.45) is 6.99. The van der Waals surface area contributed by atoms with Crippen LogP contribution in [0.15, 0.2) is 53.8 Å². The third kappa shape index (κ3) is 3.20. The van der Waals surface area contributed by atoms with E-state index in [1.165, 1.54) is 0 Å². The zero-order chi connectivity index (χ0) is 17.4. The maximum absolute atomic E-state index is 13.7. The van der Waals surface area contributed by atoms with E-state index in [0.29, 0.717) is 12.4 Å². The quantitative estimate of drug-likeness (QED) is 0.375. The summed E-state index contributed by atoms with van der Waals surface area (Å²) in [5.74, 6) is 0.582. The van der Waals surface area contributed by atoms with Crippen molar-refractivity contribution in [3.63, 3.8) is 0 Å². The number of pyridine rings is 1. The fourth-order valence-corrected chi connectivity index (χ4v) is 3.56. The molecule has 0 atom stereocenters. The van der Waals surface area contributed by atoms with Gasteiger partial charge in [0, 0.05) is 21.5 Å². The Labute approximate surface area is 165 Å². The van der Waals surface area contributed by atoms with Crippen LogP contribution < -0.4 is 0 Å². The number of aromatic nitrogens is 5. The predicted molar refractivity (Wildman–Crippen MR) is 106 cm³/mol. The normalized spacial score (nSPS) is 11.3. The Morgan fingerprint density at radius 1 is 1.12 bits per heavy atom. The summed E-state index contributed by atoms with van der Waals surface area (Å²) in [6, 6.07) is 7.80. The highest BCUT2D eigenvalue weighted by atomic mass is 127. The molecule has 0 saturated carbocycles. The number of nitrogens with zero attached hydrogens (tertiary/aromatic N) is 5. The molecule has 0 bridgehead atoms. The molecule has 0 fully saturated rings. The second-order valence-corrected chi connectivity index (χ2v) is 7.60. The lowest BCUT2D eigenvalue weighted by molar-refractivity contribution is 0.387. The van der Waals surface area contributed by atoms with Crippen LogP contribution in [0.4, 0.5) is 4.39 Å². The van der Waals surface area contributed by atoms with Crippen molar-refractivity contribution < 1.29 is 4.39 Å². The van der Waals surface area contributed by atoms with Crippen LogP contribution in [0.2, 0.25) is 0 Å². The van der Waals surface area contributed by atoms with Crippen molar-refractivity contribution in [2.75, 3.05) is 0 Å². The minimum absolute atomic E-state index is 0.582. The van der Waals surface area contributed by atoms with Gasteiger partial charge in [-0.15, -0.1) is 0 Å². The van der Waals surface area contributed by atoms with Crippen molar-refractivity contribution in [1.82, 2.24) is 24.1 Å². The summed E-state index contributed by atoms with van der Waals surface area (Å²) in [5, 5.41) is 0. The molecule has 0 amide bonds. The van der Waals surface area contributed by atoms with E-state index >= 15 is 0 Å². The maximum Gasteiger partial charge on any atom is 0.167 e. The van der Waals surface area contributed by atoms with Crippen LogP contribution in [0.25, 0.3) is 22.4 Å². The first-order valence-corrected chi connectivity index (χ1v) is 9.34. The van der Waals surface area contributed by atoms with Gasteiger partial charge in [-0.25, -0.2) is 14.4 Å². The van der Waals surface area contributed by atoms with Crippen molar-refractivity contribution in [1.29, 1.82) is 0 Å². The summed E-state index contributed by atoms with van der Waals surface area (Å²) in [4.78, 5) is 13.0. The van der Waals surface area contributed by atoms with Gasteiger partial charge in [-0.05, 0) is 68.3 Å². The lowest BCUT2D eigenvalue weighted by atomic mass is 10.2. The number of imidazole rings is 2. The molecule has 0 aliphatic carbocycles. The van der Waals surface area contributed by atoms with E-state index in [0.717, 1.165) is 30.3 Å². The molecule has 3 heterocycles. The number of benzene rings is 1. The van der Waals surface area contributed by atoms with Gasteiger partial charge in [0.1, 0.15) is 10.4 Å². The molecular weight excluding hydrogens is 500 g/mol. The summed E-state index contributed by atoms with van der Waals surface area (Å²) in [6.45, 7) is -0.0155. The van der Waals surface area contributed by atoms with Crippen LogP contribution in [0, 0.1) is 3.57 Å². The average molecular weight is 512 g/mol. The first kappa shape index (κ1) is 16.6. The van der Waals surface area contributed by atoms with Crippen LogP contribution in [-0.4, -0.2) is 24.1 Å². The van der Waals surface area contributed by atoms with Crippen LogP contribution in [0.1, 0.15) is 5.56 Å². The first-order valence-electron chi connectivity index (χ1n) is 7.47. The van der Waals surface area contributed by atoms with Crippen molar-refractivity contribution in [3.8, 4) is 11.4 Å². The van der Waals surface area contributed by atoms with Gasteiger partial charge in [0.15, 0.2) is 6.80 Å². The van der Waals surface area contributed by atoms with Crippen molar-refractivity contribution >= 4 is 49.6 Å². The summed E-state index contributed by atoms with van der Waals surface area (Å²) >= 11 is 5.67. The van der Waals surface area contributed by atoms with E-state index in [2.05, 4.69) is 53.5 Å². The molecule has 0 aliphatic heterocycles. The van der Waals surface area contributed by atoms with Crippen LogP contribution in [0.5, 0.6) is 0 Å². The Balaban J connectivity index is 1.78. The first-order chi connectivity index (χ1) is 12.2. The molecule has 0 aliphatic rings. The van der Waals surface area contributed by atoms with Gasteiger partial charge in [-0.1, -0.05) is 0 Å². The molecule has 0 radical (unpaired) electrons. The third-order valence-electron chi connectivity index (χ3n) is 3.90. The van der Waals surface area contributed by atoms with Crippen LogP contribution in [0.3, 0.4) is 0 Å². The highest BCUT2D eigenvalue weighted by Gasteiger charge is 2.14. The molecule has 4 rings (SSSR count). The zero-order valence-electron chi connectivity index (χ0n) is 12.9. The monoisotopic (exact) mass is 511 g/mol. The second kappa shape index (κ2) is 6.83. The summed E-state index contributed by atoms with van der Waals surface area (Å²) in [7, 11) is 0. The van der Waals surface area contributed by atoms with Crippen molar-refractivity contribution in [3.05, 3.63) is 62.9 Å². The Hall–Kier alpha value is -1.81. The number of alkyl halides is 1. The van der Waals surface area contributed by atoms with Gasteiger partial charge in [-0.3, -0.25) is 9.55 Å². The van der Waals surface area contributed by atoms with Gasteiger partial charge in [-0.2, -0.15) is 0 Å². The average Bonchev–Trinajstić information content (AvgIpc) is 3.18. The largest absolute Gasteiger partial charge is 0.321 e. The van der Waals surface area contributed by atoms with E-state index in [4.69, 9.17) is 0 Å². The lowest BCUT2D eigenvalue weighted by Crippen LogP contribution is -2.01. The summed E-state index contributed by atoms with van der Waals surface area (Å²) in [5.41, 5.74) is 3.34. The summed E-state index contributed by atoms with van der Waals surface area (Å²) < 4.78 is 19.2. The maximum atomic E-state index is 13.7. The van der Waals surface area contributed by atoms with E-state index in [9.17, 15) is 4.39 Å². The van der Waals surface area contributed by atoms with Gasteiger partial charge in [0.2, 0.25) is 0 Å². The van der Waals surface area contributed by atoms with E-state index in [1.54, 1.807) is 29.5 Å². The van der Waals surface area contributed by atoms with Gasteiger partial charge in [0.25, 0.3) is 0 Å². The number of fused-ring (bicyclic) bond motifs is 1. The molecule has 4 aromatic rings. The predicted octanol–water partition coefficient (Wildman–Crippen LogP) is 4.64. The fraction of sp³-hybridized carbons (Fsp3) is 0.118. The molecule has 0 N–H and O–H groups in total. The topological polar surface area (TPSA) is 48.5 Å². The number of hydrogen-bond acceptors (Lipinski definition) is 3. The molecule has 5 nitrogen and oxygen atoms in total. The van der Waals surface area contributed by atoms with Gasteiger partial charge >= 0.3 is 0 Å². The molecule has 3 aromatic heterocycles. The van der Waals surface area contributed by atoms with Crippen LogP contribution >= 0.6 is 38.5 Å². The smallest absolute Gasteiger partial charge is 0.167 e. The van der Waals surface area contributed by atoms with E-state index in [1.807, 2.05) is 28.8 Å². The Bertz CT molecular complexity index is 1060.